The molecule has 0 bridgehead atoms. The lowest BCUT2D eigenvalue weighted by atomic mass is 9.87. The van der Waals surface area contributed by atoms with Crippen molar-refractivity contribution < 1.29 is 23.1 Å². The summed E-state index contributed by atoms with van der Waals surface area (Å²) < 4.78 is 25.3. The van der Waals surface area contributed by atoms with Gasteiger partial charge in [-0.05, 0) is 30.0 Å². The van der Waals surface area contributed by atoms with Crippen LogP contribution in [0.5, 0.6) is 0 Å². The van der Waals surface area contributed by atoms with Crippen molar-refractivity contribution in [1.82, 2.24) is 10.2 Å². The normalized spacial score (nSPS) is 13.4. The number of benzene rings is 1. The third kappa shape index (κ3) is 7.30. The predicted molar refractivity (Wildman–Crippen MR) is 105 cm³/mol. The Hall–Kier alpha value is -1.93. The topological polar surface area (TPSA) is 104 Å². The minimum atomic E-state index is -3.54. The molecule has 0 aliphatic heterocycles. The third-order valence-corrected chi connectivity index (χ3v) is 6.12. The number of carboxylic acid groups (broad SMARTS) is 1. The van der Waals surface area contributed by atoms with E-state index in [-0.39, 0.29) is 41.6 Å². The summed E-state index contributed by atoms with van der Waals surface area (Å²) in [5, 5.41) is 11.8. The van der Waals surface area contributed by atoms with Gasteiger partial charge in [-0.3, -0.25) is 14.5 Å². The lowest BCUT2D eigenvalue weighted by Gasteiger charge is -2.26. The van der Waals surface area contributed by atoms with Crippen LogP contribution >= 0.6 is 0 Å². The second-order valence-electron chi connectivity index (χ2n) is 7.63. The Balaban J connectivity index is 2.85. The fourth-order valence-corrected chi connectivity index (χ4v) is 3.81. The molecule has 0 aliphatic rings. The number of carboxylic acids is 1. The van der Waals surface area contributed by atoms with E-state index in [1.54, 1.807) is 29.2 Å². The summed E-state index contributed by atoms with van der Waals surface area (Å²) in [6.45, 7) is 9.61. The van der Waals surface area contributed by atoms with Gasteiger partial charge < -0.3 is 10.4 Å². The fourth-order valence-electron chi connectivity index (χ4n) is 2.55. The van der Waals surface area contributed by atoms with Crippen LogP contribution < -0.4 is 5.32 Å². The molecule has 0 heterocycles. The molecular weight excluding hydrogens is 368 g/mol. The van der Waals surface area contributed by atoms with Gasteiger partial charge in [-0.2, -0.15) is 0 Å². The fraction of sp³-hybridized carbons (Fsp3) is 0.579. The van der Waals surface area contributed by atoms with Crippen molar-refractivity contribution in [1.29, 1.82) is 0 Å². The van der Waals surface area contributed by atoms with Crippen molar-refractivity contribution in [3.05, 3.63) is 29.8 Å². The minimum Gasteiger partial charge on any atom is -0.480 e. The average Bonchev–Trinajstić information content (AvgIpc) is 2.56. The van der Waals surface area contributed by atoms with Crippen LogP contribution in [0.2, 0.25) is 0 Å². The Bertz CT molecular complexity index is 751. The number of carbonyl (C=O) groups excluding carboxylic acids is 1. The largest absolute Gasteiger partial charge is 0.480 e. The van der Waals surface area contributed by atoms with Gasteiger partial charge in [-0.1, -0.05) is 32.9 Å². The highest BCUT2D eigenvalue weighted by Crippen LogP contribution is 2.23. The zero-order chi connectivity index (χ0) is 20.8. The molecule has 1 atom stereocenters. The SMILES string of the molecule is CC(=O)NCCN(CCS(=O)(=O)c1ccc(C(C)(C)C)cc1)C(C)C(=O)O. The minimum absolute atomic E-state index is 0.0659. The Labute approximate surface area is 161 Å². The van der Waals surface area contributed by atoms with Crippen molar-refractivity contribution in [2.24, 2.45) is 0 Å². The molecule has 7 nitrogen and oxygen atoms in total. The summed E-state index contributed by atoms with van der Waals surface area (Å²) >= 11 is 0. The summed E-state index contributed by atoms with van der Waals surface area (Å²) in [6.07, 6.45) is 0. The molecule has 0 aromatic heterocycles. The van der Waals surface area contributed by atoms with E-state index in [9.17, 15) is 23.1 Å². The Kier molecular flexibility index (Phi) is 7.98. The number of hydrogen-bond acceptors (Lipinski definition) is 5. The molecule has 1 aromatic rings. The summed E-state index contributed by atoms with van der Waals surface area (Å²) in [4.78, 5) is 24.0. The lowest BCUT2D eigenvalue weighted by Crippen LogP contribution is -2.45. The second-order valence-corrected chi connectivity index (χ2v) is 9.74. The number of sulfone groups is 1. The molecule has 0 radical (unpaired) electrons. The highest BCUT2D eigenvalue weighted by atomic mass is 32.2. The van der Waals surface area contributed by atoms with Gasteiger partial charge in [0.25, 0.3) is 0 Å². The lowest BCUT2D eigenvalue weighted by molar-refractivity contribution is -0.142. The van der Waals surface area contributed by atoms with Crippen LogP contribution in [0, 0.1) is 0 Å². The zero-order valence-electron chi connectivity index (χ0n) is 16.7. The van der Waals surface area contributed by atoms with Crippen LogP contribution in [0.4, 0.5) is 0 Å². The van der Waals surface area contributed by atoms with E-state index in [0.29, 0.717) is 0 Å². The van der Waals surface area contributed by atoms with E-state index < -0.39 is 21.8 Å². The smallest absolute Gasteiger partial charge is 0.320 e. The molecule has 8 heteroatoms. The highest BCUT2D eigenvalue weighted by Gasteiger charge is 2.24. The van der Waals surface area contributed by atoms with Gasteiger partial charge >= 0.3 is 5.97 Å². The number of nitrogens with zero attached hydrogens (tertiary/aromatic N) is 1. The first-order valence-electron chi connectivity index (χ1n) is 8.89. The zero-order valence-corrected chi connectivity index (χ0v) is 17.5. The van der Waals surface area contributed by atoms with Gasteiger partial charge in [0.1, 0.15) is 6.04 Å². The summed E-state index contributed by atoms with van der Waals surface area (Å²) in [5.74, 6) is -1.45. The molecule has 2 N–H and O–H groups in total. The van der Waals surface area contributed by atoms with Gasteiger partial charge in [0.05, 0.1) is 10.6 Å². The molecule has 152 valence electrons. The van der Waals surface area contributed by atoms with Crippen LogP contribution in [0.15, 0.2) is 29.2 Å². The van der Waals surface area contributed by atoms with Crippen molar-refractivity contribution in [2.45, 2.75) is 51.0 Å². The van der Waals surface area contributed by atoms with Gasteiger partial charge in [0.2, 0.25) is 5.91 Å². The van der Waals surface area contributed by atoms with Crippen LogP contribution in [-0.2, 0) is 24.8 Å². The van der Waals surface area contributed by atoms with E-state index >= 15 is 0 Å². The summed E-state index contributed by atoms with van der Waals surface area (Å²) in [7, 11) is -3.54. The van der Waals surface area contributed by atoms with Crippen molar-refractivity contribution >= 4 is 21.7 Å². The first kappa shape index (κ1) is 23.1. The Morgan fingerprint density at radius 1 is 1.15 bits per heavy atom. The number of aliphatic carboxylic acids is 1. The second kappa shape index (κ2) is 9.32. The number of amides is 1. The average molecular weight is 399 g/mol. The van der Waals surface area contributed by atoms with E-state index in [1.807, 2.05) is 0 Å². The number of rotatable bonds is 9. The molecule has 0 saturated heterocycles. The van der Waals surface area contributed by atoms with E-state index in [1.165, 1.54) is 13.8 Å². The quantitative estimate of drug-likeness (QED) is 0.656. The molecule has 27 heavy (non-hydrogen) atoms. The molecular formula is C19H30N2O5S. The van der Waals surface area contributed by atoms with Crippen LogP contribution in [-0.4, -0.2) is 61.7 Å². The molecule has 0 fully saturated rings. The maximum atomic E-state index is 12.6. The van der Waals surface area contributed by atoms with Gasteiger partial charge in [0.15, 0.2) is 9.84 Å². The molecule has 0 spiro atoms. The van der Waals surface area contributed by atoms with Crippen LogP contribution in [0.1, 0.15) is 40.2 Å². The van der Waals surface area contributed by atoms with E-state index in [4.69, 9.17) is 0 Å². The molecule has 1 amide bonds. The van der Waals surface area contributed by atoms with Gasteiger partial charge in [-0.15, -0.1) is 0 Å². The van der Waals surface area contributed by atoms with Gasteiger partial charge in [-0.25, -0.2) is 8.42 Å². The molecule has 1 aromatic carbocycles. The maximum absolute atomic E-state index is 12.6. The third-order valence-electron chi connectivity index (χ3n) is 4.40. The van der Waals surface area contributed by atoms with Crippen LogP contribution in [0.25, 0.3) is 0 Å². The maximum Gasteiger partial charge on any atom is 0.320 e. The molecule has 1 rings (SSSR count). The molecule has 0 aliphatic carbocycles. The predicted octanol–water partition coefficient (Wildman–Crippen LogP) is 1.67. The molecule has 1 unspecified atom stereocenters. The summed E-state index contributed by atoms with van der Waals surface area (Å²) in [6, 6.07) is 5.95. The first-order valence-corrected chi connectivity index (χ1v) is 10.5. The number of carbonyl (C=O) groups is 2. The van der Waals surface area contributed by atoms with E-state index in [0.717, 1.165) is 5.56 Å². The van der Waals surface area contributed by atoms with E-state index in [2.05, 4.69) is 26.1 Å². The van der Waals surface area contributed by atoms with Crippen molar-refractivity contribution in [3.63, 3.8) is 0 Å². The monoisotopic (exact) mass is 398 g/mol. The van der Waals surface area contributed by atoms with Crippen molar-refractivity contribution in [3.8, 4) is 0 Å². The first-order chi connectivity index (χ1) is 12.3. The standard InChI is InChI=1S/C19H30N2O5S/c1-14(18(23)24)21(11-10-20-15(2)22)12-13-27(25,26)17-8-6-16(7-9-17)19(3,4)5/h6-9,14H,10-13H2,1-5H3,(H,20,22)(H,23,24). The number of hydrogen-bond donors (Lipinski definition) is 2. The Morgan fingerprint density at radius 3 is 2.15 bits per heavy atom. The highest BCUT2D eigenvalue weighted by molar-refractivity contribution is 7.91. The number of nitrogens with one attached hydrogen (secondary N) is 1. The molecule has 0 saturated carbocycles. The van der Waals surface area contributed by atoms with Crippen LogP contribution in [0.3, 0.4) is 0 Å². The Morgan fingerprint density at radius 2 is 1.70 bits per heavy atom. The van der Waals surface area contributed by atoms with Crippen molar-refractivity contribution in [2.75, 3.05) is 25.4 Å². The van der Waals surface area contributed by atoms with Gasteiger partial charge in [0, 0.05) is 26.6 Å². The summed E-state index contributed by atoms with van der Waals surface area (Å²) in [5.41, 5.74) is 0.970.